The number of nitrogens with zero attached hydrogens (tertiary/aromatic N) is 2. The highest BCUT2D eigenvalue weighted by molar-refractivity contribution is 5.10. The van der Waals surface area contributed by atoms with Crippen LogP contribution in [0.25, 0.3) is 0 Å². The second-order valence-corrected chi connectivity index (χ2v) is 4.95. The van der Waals surface area contributed by atoms with Gasteiger partial charge < -0.3 is 5.32 Å². The van der Waals surface area contributed by atoms with Crippen LogP contribution in [-0.2, 0) is 19.5 Å². The Bertz CT molecular complexity index is 337. The smallest absolute Gasteiger partial charge is 0.0625 e. The second kappa shape index (κ2) is 5.00. The predicted molar refractivity (Wildman–Crippen MR) is 66.3 cm³/mol. The molecule has 0 unspecified atom stereocenters. The van der Waals surface area contributed by atoms with E-state index in [4.69, 9.17) is 0 Å². The summed E-state index contributed by atoms with van der Waals surface area (Å²) < 4.78 is 2.12. The quantitative estimate of drug-likeness (QED) is 0.827. The van der Waals surface area contributed by atoms with Gasteiger partial charge in [0, 0.05) is 19.1 Å². The Morgan fingerprint density at radius 2 is 2.19 bits per heavy atom. The van der Waals surface area contributed by atoms with E-state index in [9.17, 15) is 0 Å². The molecule has 3 nitrogen and oxygen atoms in total. The van der Waals surface area contributed by atoms with Gasteiger partial charge in [-0.05, 0) is 38.2 Å². The van der Waals surface area contributed by atoms with E-state index >= 15 is 0 Å². The summed E-state index contributed by atoms with van der Waals surface area (Å²) in [6, 6.07) is 2.97. The Hall–Kier alpha value is -0.830. The van der Waals surface area contributed by atoms with Crippen LogP contribution in [0, 0.1) is 5.92 Å². The summed E-state index contributed by atoms with van der Waals surface area (Å²) in [6.07, 6.45) is 3.70. The average Bonchev–Trinajstić information content (AvgIpc) is 2.65. The molecule has 90 valence electrons. The van der Waals surface area contributed by atoms with E-state index in [0.29, 0.717) is 0 Å². The van der Waals surface area contributed by atoms with Gasteiger partial charge in [0.25, 0.3) is 0 Å². The number of aromatic nitrogens is 2. The highest BCUT2D eigenvalue weighted by atomic mass is 15.3. The maximum atomic E-state index is 4.56. The molecular weight excluding hydrogens is 198 g/mol. The lowest BCUT2D eigenvalue weighted by Crippen LogP contribution is -2.39. The summed E-state index contributed by atoms with van der Waals surface area (Å²) in [6.45, 7) is 8.58. The van der Waals surface area contributed by atoms with Gasteiger partial charge in [-0.2, -0.15) is 5.10 Å². The Morgan fingerprint density at radius 1 is 1.44 bits per heavy atom. The summed E-state index contributed by atoms with van der Waals surface area (Å²) >= 11 is 0. The first kappa shape index (κ1) is 11.6. The van der Waals surface area contributed by atoms with Crippen LogP contribution in [0.4, 0.5) is 0 Å². The van der Waals surface area contributed by atoms with Gasteiger partial charge in [0.05, 0.1) is 11.4 Å². The number of hydrogen-bond acceptors (Lipinski definition) is 2. The predicted octanol–water partition coefficient (Wildman–Crippen LogP) is 2.35. The van der Waals surface area contributed by atoms with Gasteiger partial charge >= 0.3 is 0 Å². The van der Waals surface area contributed by atoms with E-state index in [-0.39, 0.29) is 0 Å². The van der Waals surface area contributed by atoms with E-state index in [1.54, 1.807) is 0 Å². The minimum atomic E-state index is 0.736. The highest BCUT2D eigenvalue weighted by Crippen LogP contribution is 2.26. The molecule has 16 heavy (non-hydrogen) atoms. The number of rotatable bonds is 5. The third-order valence-corrected chi connectivity index (χ3v) is 3.52. The molecule has 1 aromatic rings. The monoisotopic (exact) mass is 221 g/mol. The van der Waals surface area contributed by atoms with Crippen molar-refractivity contribution in [2.24, 2.45) is 5.92 Å². The van der Waals surface area contributed by atoms with Crippen LogP contribution in [0.5, 0.6) is 0 Å². The van der Waals surface area contributed by atoms with Crippen molar-refractivity contribution in [1.29, 1.82) is 0 Å². The third kappa shape index (κ3) is 2.46. The summed E-state index contributed by atoms with van der Waals surface area (Å²) in [4.78, 5) is 0. The average molecular weight is 221 g/mol. The van der Waals surface area contributed by atoms with Crippen molar-refractivity contribution in [3.8, 4) is 0 Å². The molecule has 1 N–H and O–H groups in total. The molecule has 1 saturated carbocycles. The summed E-state index contributed by atoms with van der Waals surface area (Å²) in [5, 5.41) is 8.18. The van der Waals surface area contributed by atoms with E-state index < -0.39 is 0 Å². The van der Waals surface area contributed by atoms with Crippen molar-refractivity contribution in [3.05, 3.63) is 17.5 Å². The fraction of sp³-hybridized carbons (Fsp3) is 0.769. The van der Waals surface area contributed by atoms with Gasteiger partial charge in [-0.3, -0.25) is 4.68 Å². The molecule has 2 rings (SSSR count). The number of nitrogens with one attached hydrogen (secondary N) is 1. The highest BCUT2D eigenvalue weighted by Gasteiger charge is 2.24. The van der Waals surface area contributed by atoms with E-state index in [2.05, 4.69) is 41.9 Å². The topological polar surface area (TPSA) is 29.9 Å². The Morgan fingerprint density at radius 3 is 2.75 bits per heavy atom. The lowest BCUT2D eigenvalue weighted by Gasteiger charge is -2.33. The molecule has 1 aromatic heterocycles. The summed E-state index contributed by atoms with van der Waals surface area (Å²) in [7, 11) is 0. The van der Waals surface area contributed by atoms with Crippen molar-refractivity contribution in [2.75, 3.05) is 0 Å². The van der Waals surface area contributed by atoms with Crippen molar-refractivity contribution in [3.63, 3.8) is 0 Å². The third-order valence-electron chi connectivity index (χ3n) is 3.52. The minimum absolute atomic E-state index is 0.736. The molecule has 1 aliphatic rings. The number of hydrogen-bond donors (Lipinski definition) is 1. The zero-order valence-electron chi connectivity index (χ0n) is 10.7. The van der Waals surface area contributed by atoms with Crippen LogP contribution in [0.3, 0.4) is 0 Å². The summed E-state index contributed by atoms with van der Waals surface area (Å²) in [5.74, 6) is 0.916. The van der Waals surface area contributed by atoms with E-state index in [1.165, 1.54) is 24.2 Å². The zero-order chi connectivity index (χ0) is 11.5. The molecule has 0 bridgehead atoms. The molecule has 1 aliphatic carbocycles. The van der Waals surface area contributed by atoms with E-state index in [0.717, 1.165) is 31.5 Å². The fourth-order valence-corrected chi connectivity index (χ4v) is 2.42. The molecular formula is C13H23N3. The van der Waals surface area contributed by atoms with Gasteiger partial charge in [-0.1, -0.05) is 13.8 Å². The van der Waals surface area contributed by atoms with Crippen molar-refractivity contribution < 1.29 is 0 Å². The fourth-order valence-electron chi connectivity index (χ4n) is 2.42. The van der Waals surface area contributed by atoms with Crippen molar-refractivity contribution >= 4 is 0 Å². The Balaban J connectivity index is 1.89. The molecule has 0 spiro atoms. The van der Waals surface area contributed by atoms with Gasteiger partial charge in [-0.25, -0.2) is 0 Å². The maximum absolute atomic E-state index is 4.56. The molecule has 0 amide bonds. The molecule has 0 aromatic carbocycles. The summed E-state index contributed by atoms with van der Waals surface area (Å²) in [5.41, 5.74) is 2.54. The molecule has 1 fully saturated rings. The van der Waals surface area contributed by atoms with Crippen molar-refractivity contribution in [1.82, 2.24) is 15.1 Å². The SMILES string of the molecule is CCc1cc(CNC2CC(C)C2)n(CC)n1. The molecule has 0 saturated heterocycles. The van der Waals surface area contributed by atoms with Crippen molar-refractivity contribution in [2.45, 2.75) is 59.2 Å². The minimum Gasteiger partial charge on any atom is -0.308 e. The van der Waals surface area contributed by atoms with Crippen LogP contribution in [0.2, 0.25) is 0 Å². The maximum Gasteiger partial charge on any atom is 0.0625 e. The molecule has 0 aliphatic heterocycles. The van der Waals surface area contributed by atoms with Crippen LogP contribution >= 0.6 is 0 Å². The first-order chi connectivity index (χ1) is 7.72. The van der Waals surface area contributed by atoms with E-state index in [1.807, 2.05) is 0 Å². The number of aryl methyl sites for hydroxylation is 2. The lowest BCUT2D eigenvalue weighted by molar-refractivity contribution is 0.238. The molecule has 1 heterocycles. The first-order valence-electron chi connectivity index (χ1n) is 6.51. The molecule has 0 radical (unpaired) electrons. The molecule has 3 heteroatoms. The normalized spacial score (nSPS) is 24.4. The largest absolute Gasteiger partial charge is 0.308 e. The lowest BCUT2D eigenvalue weighted by atomic mass is 9.82. The van der Waals surface area contributed by atoms with Gasteiger partial charge in [0.1, 0.15) is 0 Å². The van der Waals surface area contributed by atoms with Crippen LogP contribution in [0.15, 0.2) is 6.07 Å². The standard InChI is InChI=1S/C13H23N3/c1-4-11-8-13(16(5-2)15-11)9-14-12-6-10(3)7-12/h8,10,12,14H,4-7,9H2,1-3H3. The van der Waals surface area contributed by atoms with Crippen LogP contribution < -0.4 is 5.32 Å². The van der Waals surface area contributed by atoms with Gasteiger partial charge in [0.15, 0.2) is 0 Å². The first-order valence-corrected chi connectivity index (χ1v) is 6.51. The Kier molecular flexibility index (Phi) is 3.64. The van der Waals surface area contributed by atoms with Gasteiger partial charge in [-0.15, -0.1) is 0 Å². The van der Waals surface area contributed by atoms with Crippen LogP contribution in [0.1, 0.15) is 45.0 Å². The molecule has 0 atom stereocenters. The Labute approximate surface area is 98.2 Å². The van der Waals surface area contributed by atoms with Gasteiger partial charge in [0.2, 0.25) is 0 Å². The zero-order valence-corrected chi connectivity index (χ0v) is 10.7. The van der Waals surface area contributed by atoms with Crippen LogP contribution in [-0.4, -0.2) is 15.8 Å². The second-order valence-electron chi connectivity index (χ2n) is 4.95.